The van der Waals surface area contributed by atoms with Crippen LogP contribution >= 0.6 is 0 Å². The number of hydrogen-bond acceptors (Lipinski definition) is 5. The number of piperidine rings is 1. The molecular formula is C18H27N3O3S. The van der Waals surface area contributed by atoms with E-state index in [1.807, 2.05) is 28.9 Å². The predicted octanol–water partition coefficient (Wildman–Crippen LogP) is 1.82. The molecule has 3 heterocycles. The first kappa shape index (κ1) is 18.2. The van der Waals surface area contributed by atoms with Crippen LogP contribution in [0.25, 0.3) is 0 Å². The summed E-state index contributed by atoms with van der Waals surface area (Å²) in [7, 11) is -2.98. The highest BCUT2D eigenvalue weighted by atomic mass is 32.2. The number of anilines is 1. The van der Waals surface area contributed by atoms with Crippen LogP contribution in [-0.4, -0.2) is 61.9 Å². The van der Waals surface area contributed by atoms with Crippen molar-refractivity contribution in [2.24, 2.45) is 11.8 Å². The third-order valence-electron chi connectivity index (χ3n) is 5.13. The van der Waals surface area contributed by atoms with Crippen LogP contribution in [0.15, 0.2) is 18.3 Å². The van der Waals surface area contributed by atoms with Gasteiger partial charge in [0.15, 0.2) is 9.84 Å². The molecule has 0 bridgehead atoms. The Balaban J connectivity index is 1.68. The Hall–Kier alpha value is -1.63. The van der Waals surface area contributed by atoms with E-state index in [-0.39, 0.29) is 23.3 Å². The zero-order valence-electron chi connectivity index (χ0n) is 15.0. The molecular weight excluding hydrogens is 338 g/mol. The maximum atomic E-state index is 12.6. The van der Waals surface area contributed by atoms with E-state index in [1.165, 1.54) is 0 Å². The number of hydrogen-bond donors (Lipinski definition) is 0. The van der Waals surface area contributed by atoms with Gasteiger partial charge in [0.2, 0.25) is 0 Å². The first-order chi connectivity index (χ1) is 11.8. The molecule has 2 saturated heterocycles. The number of amides is 1. The summed E-state index contributed by atoms with van der Waals surface area (Å²) >= 11 is 0. The van der Waals surface area contributed by atoms with Crippen molar-refractivity contribution in [1.82, 2.24) is 9.88 Å². The van der Waals surface area contributed by atoms with E-state index < -0.39 is 9.84 Å². The number of carbonyl (C=O) groups is 1. The molecule has 2 aliphatic rings. The zero-order valence-corrected chi connectivity index (χ0v) is 15.8. The highest BCUT2D eigenvalue weighted by Crippen LogP contribution is 2.20. The van der Waals surface area contributed by atoms with Gasteiger partial charge in [0.1, 0.15) is 5.82 Å². The summed E-state index contributed by atoms with van der Waals surface area (Å²) in [6.45, 7) is 6.92. The highest BCUT2D eigenvalue weighted by molar-refractivity contribution is 7.91. The second kappa shape index (κ2) is 7.32. The Morgan fingerprint density at radius 1 is 1.12 bits per heavy atom. The van der Waals surface area contributed by atoms with Crippen LogP contribution in [0.2, 0.25) is 0 Å². The van der Waals surface area contributed by atoms with Gasteiger partial charge in [-0.25, -0.2) is 13.4 Å². The van der Waals surface area contributed by atoms with Crippen molar-refractivity contribution in [3.05, 3.63) is 23.9 Å². The molecule has 0 aliphatic carbocycles. The van der Waals surface area contributed by atoms with E-state index >= 15 is 0 Å². The van der Waals surface area contributed by atoms with E-state index in [0.29, 0.717) is 24.6 Å². The molecule has 0 spiro atoms. The third kappa shape index (κ3) is 4.51. The lowest BCUT2D eigenvalue weighted by Gasteiger charge is -2.30. The molecule has 1 aromatic heterocycles. The molecule has 6 nitrogen and oxygen atoms in total. The molecule has 3 rings (SSSR count). The van der Waals surface area contributed by atoms with Crippen LogP contribution in [0.4, 0.5) is 5.82 Å². The van der Waals surface area contributed by atoms with E-state index in [0.717, 1.165) is 31.7 Å². The molecule has 2 aliphatic heterocycles. The molecule has 0 N–H and O–H groups in total. The van der Waals surface area contributed by atoms with Crippen molar-refractivity contribution >= 4 is 21.6 Å². The average molecular weight is 365 g/mol. The monoisotopic (exact) mass is 365 g/mol. The van der Waals surface area contributed by atoms with E-state index in [9.17, 15) is 13.2 Å². The normalized spacial score (nSPS) is 24.8. The lowest BCUT2D eigenvalue weighted by atomic mass is 9.99. The summed E-state index contributed by atoms with van der Waals surface area (Å²) in [6, 6.07) is 3.65. The van der Waals surface area contributed by atoms with Crippen molar-refractivity contribution in [2.75, 3.05) is 42.6 Å². The summed E-state index contributed by atoms with van der Waals surface area (Å²) < 4.78 is 23.8. The fourth-order valence-electron chi connectivity index (χ4n) is 3.59. The van der Waals surface area contributed by atoms with Crippen molar-refractivity contribution < 1.29 is 13.2 Å². The van der Waals surface area contributed by atoms with Gasteiger partial charge in [-0.15, -0.1) is 0 Å². The number of aromatic nitrogens is 1. The smallest absolute Gasteiger partial charge is 0.255 e. The van der Waals surface area contributed by atoms with Gasteiger partial charge in [-0.1, -0.05) is 13.8 Å². The number of likely N-dealkylation sites (tertiary alicyclic amines) is 1. The molecule has 1 amide bonds. The molecule has 2 fully saturated rings. The minimum Gasteiger partial charge on any atom is -0.355 e. The number of sulfone groups is 1. The predicted molar refractivity (Wildman–Crippen MR) is 98.6 cm³/mol. The lowest BCUT2D eigenvalue weighted by molar-refractivity contribution is 0.0697. The first-order valence-electron chi connectivity index (χ1n) is 9.05. The summed E-state index contributed by atoms with van der Waals surface area (Å²) in [5.41, 5.74) is 0.605. The van der Waals surface area contributed by atoms with Crippen LogP contribution in [0.1, 0.15) is 37.0 Å². The van der Waals surface area contributed by atoms with Crippen molar-refractivity contribution in [2.45, 2.75) is 26.7 Å². The second-order valence-electron chi connectivity index (χ2n) is 7.55. The number of carbonyl (C=O) groups excluding carboxylic acids is 1. The van der Waals surface area contributed by atoms with Gasteiger partial charge in [0.05, 0.1) is 17.1 Å². The maximum absolute atomic E-state index is 12.6. The van der Waals surface area contributed by atoms with Gasteiger partial charge < -0.3 is 9.80 Å². The third-order valence-corrected chi connectivity index (χ3v) is 7.01. The van der Waals surface area contributed by atoms with Gasteiger partial charge in [-0.3, -0.25) is 4.79 Å². The molecule has 0 radical (unpaired) electrons. The van der Waals surface area contributed by atoms with Crippen LogP contribution in [0.5, 0.6) is 0 Å². The Labute approximate surface area is 150 Å². The average Bonchev–Trinajstić information content (AvgIpc) is 2.72. The number of pyridine rings is 1. The van der Waals surface area contributed by atoms with Gasteiger partial charge in [-0.2, -0.15) is 0 Å². The molecule has 0 saturated carbocycles. The summed E-state index contributed by atoms with van der Waals surface area (Å²) in [5, 5.41) is 0. The minimum absolute atomic E-state index is 0.0396. The molecule has 0 unspecified atom stereocenters. The van der Waals surface area contributed by atoms with Gasteiger partial charge in [0, 0.05) is 32.4 Å². The lowest BCUT2D eigenvalue weighted by Crippen LogP contribution is -2.38. The Kier molecular flexibility index (Phi) is 5.32. The summed E-state index contributed by atoms with van der Waals surface area (Å²) in [5.74, 6) is 1.93. The quantitative estimate of drug-likeness (QED) is 0.800. The van der Waals surface area contributed by atoms with Crippen molar-refractivity contribution in [1.29, 1.82) is 0 Å². The number of nitrogens with zero attached hydrogens (tertiary/aromatic N) is 3. The van der Waals surface area contributed by atoms with Gasteiger partial charge in [0.25, 0.3) is 5.91 Å². The molecule has 25 heavy (non-hydrogen) atoms. The molecule has 1 atom stereocenters. The van der Waals surface area contributed by atoms with Crippen LogP contribution in [0, 0.1) is 11.8 Å². The standard InChI is InChI=1S/C18H27N3O3S/c1-14-5-7-20(8-6-14)18(22)16-3-4-17(19-11-16)21-9-10-25(23,24)13-15(2)12-21/h3-4,11,14-15H,5-10,12-13H2,1-2H3/t15-/m1/s1. The largest absolute Gasteiger partial charge is 0.355 e. The fraction of sp³-hybridized carbons (Fsp3) is 0.667. The van der Waals surface area contributed by atoms with E-state index in [2.05, 4.69) is 11.9 Å². The first-order valence-corrected chi connectivity index (χ1v) is 10.9. The molecule has 0 aromatic carbocycles. The van der Waals surface area contributed by atoms with Gasteiger partial charge in [-0.05, 0) is 36.8 Å². The van der Waals surface area contributed by atoms with E-state index in [4.69, 9.17) is 0 Å². The molecule has 7 heteroatoms. The second-order valence-corrected chi connectivity index (χ2v) is 9.77. The van der Waals surface area contributed by atoms with Crippen molar-refractivity contribution in [3.63, 3.8) is 0 Å². The molecule has 1 aromatic rings. The fourth-order valence-corrected chi connectivity index (χ4v) is 5.23. The number of rotatable bonds is 2. The van der Waals surface area contributed by atoms with Gasteiger partial charge >= 0.3 is 0 Å². The van der Waals surface area contributed by atoms with Crippen LogP contribution in [-0.2, 0) is 9.84 Å². The topological polar surface area (TPSA) is 70.6 Å². The Morgan fingerprint density at radius 2 is 1.84 bits per heavy atom. The van der Waals surface area contributed by atoms with Crippen molar-refractivity contribution in [3.8, 4) is 0 Å². The Bertz CT molecular complexity index is 710. The zero-order chi connectivity index (χ0) is 18.0. The summed E-state index contributed by atoms with van der Waals surface area (Å²) in [4.78, 5) is 20.9. The Morgan fingerprint density at radius 3 is 2.48 bits per heavy atom. The molecule has 138 valence electrons. The summed E-state index contributed by atoms with van der Waals surface area (Å²) in [6.07, 6.45) is 3.73. The SMILES string of the molecule is CC1CCN(C(=O)c2ccc(N3CCS(=O)(=O)C[C@H](C)C3)nc2)CC1. The van der Waals surface area contributed by atoms with E-state index in [1.54, 1.807) is 6.20 Å². The van der Waals surface area contributed by atoms with Crippen LogP contribution in [0.3, 0.4) is 0 Å². The minimum atomic E-state index is -2.98. The highest BCUT2D eigenvalue weighted by Gasteiger charge is 2.26. The maximum Gasteiger partial charge on any atom is 0.255 e. The van der Waals surface area contributed by atoms with Crippen LogP contribution < -0.4 is 4.90 Å².